The van der Waals surface area contributed by atoms with Gasteiger partial charge in [-0.3, -0.25) is 4.79 Å². The van der Waals surface area contributed by atoms with Gasteiger partial charge in [-0.05, 0) is 36.3 Å². The summed E-state index contributed by atoms with van der Waals surface area (Å²) in [6.07, 6.45) is 2.93. The van der Waals surface area contributed by atoms with Crippen LogP contribution in [-0.4, -0.2) is 33.0 Å². The molecule has 0 radical (unpaired) electrons. The smallest absolute Gasteiger partial charge is 0.309 e. The maximum Gasteiger partial charge on any atom is 0.309 e. The highest BCUT2D eigenvalue weighted by Crippen LogP contribution is 2.32. The minimum atomic E-state index is -3.28. The average Bonchev–Trinajstić information content (AvgIpc) is 2.46. The highest BCUT2D eigenvalue weighted by molar-refractivity contribution is 7.91. The third kappa shape index (κ3) is 4.06. The van der Waals surface area contributed by atoms with E-state index in [0.717, 1.165) is 24.8 Å². The summed E-state index contributed by atoms with van der Waals surface area (Å²) in [7, 11) is -2.00. The lowest BCUT2D eigenvalue weighted by atomic mass is 9.84. The Morgan fingerprint density at radius 3 is 2.81 bits per heavy atom. The van der Waals surface area contributed by atoms with Crippen LogP contribution in [-0.2, 0) is 25.8 Å². The molecule has 1 aromatic rings. The Hall–Kier alpha value is -1.36. The van der Waals surface area contributed by atoms with Gasteiger partial charge in [0, 0.05) is 0 Å². The Kier molecular flexibility index (Phi) is 5.04. The molecule has 0 saturated carbocycles. The SMILES string of the molecule is COC(=O)C(C)CS(=O)(=O)CC1CCCc2ccccc21. The third-order valence-electron chi connectivity index (χ3n) is 4.06. The summed E-state index contributed by atoms with van der Waals surface area (Å²) >= 11 is 0. The van der Waals surface area contributed by atoms with Crippen molar-refractivity contribution in [1.82, 2.24) is 0 Å². The van der Waals surface area contributed by atoms with Crippen molar-refractivity contribution < 1.29 is 17.9 Å². The molecular weight excluding hydrogens is 288 g/mol. The Morgan fingerprint density at radius 2 is 2.10 bits per heavy atom. The average molecular weight is 310 g/mol. The van der Waals surface area contributed by atoms with Crippen molar-refractivity contribution in [2.45, 2.75) is 32.1 Å². The first-order valence-electron chi connectivity index (χ1n) is 7.29. The number of esters is 1. The Morgan fingerprint density at radius 1 is 1.38 bits per heavy atom. The predicted molar refractivity (Wildman–Crippen MR) is 82.0 cm³/mol. The fraction of sp³-hybridized carbons (Fsp3) is 0.562. The van der Waals surface area contributed by atoms with Gasteiger partial charge in [-0.2, -0.15) is 0 Å². The molecule has 0 spiro atoms. The zero-order valence-corrected chi connectivity index (χ0v) is 13.4. The summed E-state index contributed by atoms with van der Waals surface area (Å²) in [5, 5.41) is 0. The summed E-state index contributed by atoms with van der Waals surface area (Å²) in [6.45, 7) is 1.60. The molecule has 0 N–H and O–H groups in total. The molecule has 2 rings (SSSR count). The predicted octanol–water partition coefficient (Wildman–Crippen LogP) is 2.33. The summed E-state index contributed by atoms with van der Waals surface area (Å²) in [5.74, 6) is -1.06. The van der Waals surface area contributed by atoms with Gasteiger partial charge in [0.2, 0.25) is 0 Å². The second-order valence-electron chi connectivity index (χ2n) is 5.79. The highest BCUT2D eigenvalue weighted by atomic mass is 32.2. The maximum atomic E-state index is 12.3. The number of sulfone groups is 1. The number of ether oxygens (including phenoxy) is 1. The molecule has 4 nitrogen and oxygen atoms in total. The van der Waals surface area contributed by atoms with Crippen LogP contribution in [0.5, 0.6) is 0 Å². The van der Waals surface area contributed by atoms with Gasteiger partial charge in [-0.1, -0.05) is 31.2 Å². The molecule has 0 saturated heterocycles. The lowest BCUT2D eigenvalue weighted by Crippen LogP contribution is -2.27. The molecule has 21 heavy (non-hydrogen) atoms. The van der Waals surface area contributed by atoms with E-state index in [2.05, 4.69) is 10.8 Å². The second kappa shape index (κ2) is 6.60. The summed E-state index contributed by atoms with van der Waals surface area (Å²) in [5.41, 5.74) is 2.41. The van der Waals surface area contributed by atoms with E-state index in [-0.39, 0.29) is 17.4 Å². The van der Waals surface area contributed by atoms with Crippen LogP contribution >= 0.6 is 0 Å². The van der Waals surface area contributed by atoms with Crippen LogP contribution in [0.2, 0.25) is 0 Å². The number of carbonyl (C=O) groups is 1. The van der Waals surface area contributed by atoms with Gasteiger partial charge < -0.3 is 4.74 Å². The first kappa shape index (κ1) is 16.0. The second-order valence-corrected chi connectivity index (χ2v) is 7.94. The molecule has 0 aliphatic heterocycles. The zero-order valence-electron chi connectivity index (χ0n) is 12.5. The van der Waals surface area contributed by atoms with Gasteiger partial charge in [0.05, 0.1) is 24.5 Å². The Bertz CT molecular complexity index is 606. The summed E-state index contributed by atoms with van der Waals surface area (Å²) in [6, 6.07) is 8.06. The van der Waals surface area contributed by atoms with Crippen LogP contribution in [0.25, 0.3) is 0 Å². The zero-order chi connectivity index (χ0) is 15.5. The van der Waals surface area contributed by atoms with E-state index in [9.17, 15) is 13.2 Å². The van der Waals surface area contributed by atoms with E-state index < -0.39 is 21.7 Å². The van der Waals surface area contributed by atoms with Crippen LogP contribution in [0.3, 0.4) is 0 Å². The van der Waals surface area contributed by atoms with E-state index in [1.807, 2.05) is 18.2 Å². The fourth-order valence-corrected chi connectivity index (χ4v) is 5.05. The van der Waals surface area contributed by atoms with Crippen molar-refractivity contribution in [3.63, 3.8) is 0 Å². The largest absolute Gasteiger partial charge is 0.469 e. The molecule has 0 bridgehead atoms. The molecule has 0 aromatic heterocycles. The minimum absolute atomic E-state index is 0.0461. The molecule has 1 aliphatic carbocycles. The molecule has 5 heteroatoms. The number of rotatable bonds is 5. The highest BCUT2D eigenvalue weighted by Gasteiger charge is 2.28. The van der Waals surface area contributed by atoms with E-state index in [0.29, 0.717) is 0 Å². The van der Waals surface area contributed by atoms with Crippen molar-refractivity contribution in [3.8, 4) is 0 Å². The number of methoxy groups -OCH3 is 1. The maximum absolute atomic E-state index is 12.3. The number of hydrogen-bond donors (Lipinski definition) is 0. The third-order valence-corrected chi connectivity index (χ3v) is 5.97. The number of aryl methyl sites for hydroxylation is 1. The standard InChI is InChI=1S/C16H22O4S/c1-12(16(17)20-2)10-21(18,19)11-14-8-5-7-13-6-3-4-9-15(13)14/h3-4,6,9,12,14H,5,7-8,10-11H2,1-2H3. The molecule has 0 fully saturated rings. The molecule has 1 aliphatic rings. The van der Waals surface area contributed by atoms with Gasteiger partial charge in [0.15, 0.2) is 9.84 Å². The van der Waals surface area contributed by atoms with Gasteiger partial charge in [0.1, 0.15) is 0 Å². The molecule has 1 aromatic carbocycles. The number of carbonyl (C=O) groups excluding carboxylic acids is 1. The first-order valence-corrected chi connectivity index (χ1v) is 9.11. The molecule has 116 valence electrons. The van der Waals surface area contributed by atoms with Crippen LogP contribution < -0.4 is 0 Å². The van der Waals surface area contributed by atoms with Crippen molar-refractivity contribution in [2.24, 2.45) is 5.92 Å². The number of hydrogen-bond acceptors (Lipinski definition) is 4. The molecule has 2 atom stereocenters. The summed E-state index contributed by atoms with van der Waals surface area (Å²) in [4.78, 5) is 11.4. The van der Waals surface area contributed by atoms with Crippen molar-refractivity contribution in [3.05, 3.63) is 35.4 Å². The van der Waals surface area contributed by atoms with Gasteiger partial charge in [-0.25, -0.2) is 8.42 Å². The van der Waals surface area contributed by atoms with Crippen LogP contribution in [0.1, 0.15) is 36.8 Å². The molecule has 0 heterocycles. The molecule has 0 amide bonds. The van der Waals surface area contributed by atoms with Crippen LogP contribution in [0, 0.1) is 5.92 Å². The van der Waals surface area contributed by atoms with Crippen LogP contribution in [0.15, 0.2) is 24.3 Å². The molecular formula is C16H22O4S. The van der Waals surface area contributed by atoms with Gasteiger partial charge in [0.25, 0.3) is 0 Å². The lowest BCUT2D eigenvalue weighted by Gasteiger charge is -2.25. The lowest BCUT2D eigenvalue weighted by molar-refractivity contribution is -0.144. The normalized spacial score (nSPS) is 19.6. The monoisotopic (exact) mass is 310 g/mol. The van der Waals surface area contributed by atoms with E-state index in [4.69, 9.17) is 0 Å². The van der Waals surface area contributed by atoms with Crippen molar-refractivity contribution >= 4 is 15.8 Å². The van der Waals surface area contributed by atoms with E-state index in [1.54, 1.807) is 6.92 Å². The minimum Gasteiger partial charge on any atom is -0.469 e. The van der Waals surface area contributed by atoms with E-state index in [1.165, 1.54) is 12.7 Å². The number of benzene rings is 1. The quantitative estimate of drug-likeness (QED) is 0.783. The number of fused-ring (bicyclic) bond motifs is 1. The summed E-state index contributed by atoms with van der Waals surface area (Å²) < 4.78 is 29.3. The Balaban J connectivity index is 2.10. The molecule has 2 unspecified atom stereocenters. The van der Waals surface area contributed by atoms with Crippen molar-refractivity contribution in [2.75, 3.05) is 18.6 Å². The van der Waals surface area contributed by atoms with Crippen LogP contribution in [0.4, 0.5) is 0 Å². The fourth-order valence-electron chi connectivity index (χ4n) is 3.05. The first-order chi connectivity index (χ1) is 9.93. The van der Waals surface area contributed by atoms with E-state index >= 15 is 0 Å². The van der Waals surface area contributed by atoms with Crippen molar-refractivity contribution in [1.29, 1.82) is 0 Å². The van der Waals surface area contributed by atoms with Gasteiger partial charge in [-0.15, -0.1) is 0 Å². The topological polar surface area (TPSA) is 60.4 Å². The Labute approximate surface area is 126 Å². The van der Waals surface area contributed by atoms with Gasteiger partial charge >= 0.3 is 5.97 Å².